The van der Waals surface area contributed by atoms with E-state index in [0.717, 1.165) is 0 Å². The number of phenolic OH excluding ortho intramolecular Hbond substituents is 1. The van der Waals surface area contributed by atoms with Crippen LogP contribution in [0, 0.1) is 6.92 Å². The quantitative estimate of drug-likeness (QED) is 0.369. The molecule has 0 aliphatic heterocycles. The molecule has 5 nitrogen and oxygen atoms in total. The fraction of sp³-hybridized carbons (Fsp3) is 0.143. The summed E-state index contributed by atoms with van der Waals surface area (Å²) in [7, 11) is -4.67. The van der Waals surface area contributed by atoms with Crippen LogP contribution in [0.5, 0.6) is 5.75 Å². The van der Waals surface area contributed by atoms with Gasteiger partial charge in [0.05, 0.1) is 0 Å². The van der Waals surface area contributed by atoms with Crippen molar-refractivity contribution in [3.05, 3.63) is 29.8 Å². The van der Waals surface area contributed by atoms with E-state index in [9.17, 15) is 0 Å². The maximum Gasteiger partial charge on any atom is 1.00 e. The first kappa shape index (κ1) is 16.9. The molecular weight excluding hydrogens is 235 g/mol. The fourth-order valence-electron chi connectivity index (χ4n) is 0.545. The van der Waals surface area contributed by atoms with Crippen molar-refractivity contribution in [2.24, 2.45) is 0 Å². The van der Waals surface area contributed by atoms with E-state index in [0.29, 0.717) is 5.75 Å². The van der Waals surface area contributed by atoms with Crippen molar-refractivity contribution < 1.29 is 75.4 Å². The normalized spacial score (nSPS) is 9.36. The maximum atomic E-state index is 8.76. The summed E-state index contributed by atoms with van der Waals surface area (Å²) < 4.78 is 31.6. The van der Waals surface area contributed by atoms with Crippen LogP contribution in [0.1, 0.15) is 6.99 Å². The van der Waals surface area contributed by atoms with Gasteiger partial charge < -0.3 is 6.53 Å². The third-order valence-corrected chi connectivity index (χ3v) is 1.03. The summed E-state index contributed by atoms with van der Waals surface area (Å²) >= 11 is 0. The van der Waals surface area contributed by atoms with E-state index in [1.165, 1.54) is 5.56 Å². The van der Waals surface area contributed by atoms with Gasteiger partial charge in [-0.3, -0.25) is 9.11 Å². The molecule has 0 amide bonds. The molecule has 0 unspecified atom stereocenters. The van der Waals surface area contributed by atoms with Crippen LogP contribution in [0.25, 0.3) is 0 Å². The average Bonchev–Trinajstić information content (AvgIpc) is 1.92. The van der Waals surface area contributed by atoms with Gasteiger partial charge >= 0.3 is 61.8 Å². The second-order valence-electron chi connectivity index (χ2n) is 2.28. The van der Waals surface area contributed by atoms with Crippen LogP contribution in [-0.4, -0.2) is 22.6 Å². The number of hydrogen-bond acceptors (Lipinski definition) is 3. The molecule has 0 atom stereocenters. The Balaban J connectivity index is -0.000000185. The Morgan fingerprint density at radius 2 is 1.43 bits per heavy atom. The number of benzene rings is 1. The van der Waals surface area contributed by atoms with Crippen LogP contribution in [0.2, 0.25) is 0 Å². The van der Waals surface area contributed by atoms with Gasteiger partial charge in [0.15, 0.2) is 0 Å². The minimum absolute atomic E-state index is 0. The Labute approximate surface area is 127 Å². The summed E-state index contributed by atoms with van der Waals surface area (Å²) in [6.45, 7) is 1.99. The van der Waals surface area contributed by atoms with Crippen molar-refractivity contribution in [3.8, 4) is 5.75 Å². The zero-order valence-corrected chi connectivity index (χ0v) is 11.8. The predicted octanol–water partition coefficient (Wildman–Crippen LogP) is -1.84. The van der Waals surface area contributed by atoms with Crippen molar-refractivity contribution >= 4 is 10.4 Å². The van der Waals surface area contributed by atoms with E-state index in [4.69, 9.17) is 22.6 Å². The van der Waals surface area contributed by atoms with Crippen molar-refractivity contribution in [1.29, 1.82) is 0 Å². The van der Waals surface area contributed by atoms with Gasteiger partial charge in [-0.25, -0.2) is 0 Å². The summed E-state index contributed by atoms with van der Waals surface area (Å²) in [5.74, 6) is 0.329. The van der Waals surface area contributed by atoms with Gasteiger partial charge in [0.2, 0.25) is 0 Å². The average molecular weight is 246 g/mol. The summed E-state index contributed by atoms with van der Waals surface area (Å²) in [6.07, 6.45) is 0. The summed E-state index contributed by atoms with van der Waals surface area (Å²) in [4.78, 5) is 0. The van der Waals surface area contributed by atoms with E-state index in [2.05, 4.69) is 0 Å². The molecular formula is C7H11KO5S. The number of aromatic hydroxyl groups is 1. The molecule has 0 heterocycles. The molecule has 0 radical (unpaired) electrons. The first-order valence-corrected chi connectivity index (χ1v) is 4.64. The Kier molecular flexibility index (Phi) is 9.40. The second-order valence-corrected chi connectivity index (χ2v) is 3.18. The van der Waals surface area contributed by atoms with Gasteiger partial charge in [-0.15, -0.1) is 0 Å². The summed E-state index contributed by atoms with van der Waals surface area (Å²) in [5, 5.41) is 8.76. The molecule has 0 bridgehead atoms. The van der Waals surface area contributed by atoms with E-state index in [-0.39, 0.29) is 52.8 Å². The van der Waals surface area contributed by atoms with E-state index in [1.54, 1.807) is 12.1 Å². The van der Waals surface area contributed by atoms with E-state index >= 15 is 0 Å². The molecule has 1 aromatic rings. The molecule has 0 aromatic heterocycles. The molecule has 3 N–H and O–H groups in total. The van der Waals surface area contributed by atoms with Gasteiger partial charge in [-0.05, 0) is 19.1 Å². The predicted molar refractivity (Wildman–Crippen MR) is 48.1 cm³/mol. The van der Waals surface area contributed by atoms with Crippen molar-refractivity contribution in [1.82, 2.24) is 0 Å². The molecule has 0 saturated carbocycles. The van der Waals surface area contributed by atoms with Crippen LogP contribution in [0.3, 0.4) is 0 Å². The van der Waals surface area contributed by atoms with Crippen molar-refractivity contribution in [2.75, 3.05) is 0 Å². The van der Waals surface area contributed by atoms with Gasteiger partial charge in [-0.1, -0.05) is 17.7 Å². The maximum absolute atomic E-state index is 8.76. The van der Waals surface area contributed by atoms with E-state index < -0.39 is 10.4 Å². The largest absolute Gasteiger partial charge is 1.00 e. The van der Waals surface area contributed by atoms with Crippen LogP contribution in [-0.2, 0) is 10.4 Å². The van der Waals surface area contributed by atoms with Crippen molar-refractivity contribution in [2.45, 2.75) is 6.92 Å². The number of rotatable bonds is 0. The van der Waals surface area contributed by atoms with Crippen molar-refractivity contribution in [3.63, 3.8) is 0 Å². The Morgan fingerprint density at radius 3 is 1.64 bits per heavy atom. The standard InChI is InChI=1S/C7H8O.K.H2O4S.H/c1-6-2-4-7(8)5-3-6;;1-5(2,3)4;/h2-5,8H,1H3;;(H2,1,2,3,4);/q;+1;;-1. The Bertz CT molecular complexity index is 321. The number of hydrogen-bond donors (Lipinski definition) is 3. The van der Waals surface area contributed by atoms with Crippen LogP contribution in [0.4, 0.5) is 0 Å². The van der Waals surface area contributed by atoms with Gasteiger partial charge in [0.25, 0.3) is 0 Å². The zero-order valence-electron chi connectivity index (χ0n) is 8.88. The minimum Gasteiger partial charge on any atom is -1.00 e. The van der Waals surface area contributed by atoms with Gasteiger partial charge in [0.1, 0.15) is 5.75 Å². The molecule has 1 aromatic carbocycles. The number of phenols is 1. The van der Waals surface area contributed by atoms with Gasteiger partial charge in [-0.2, -0.15) is 8.42 Å². The first-order chi connectivity index (χ1) is 5.79. The van der Waals surface area contributed by atoms with E-state index in [1.807, 2.05) is 19.1 Å². The monoisotopic (exact) mass is 246 g/mol. The van der Waals surface area contributed by atoms with Crippen LogP contribution >= 0.6 is 0 Å². The number of aryl methyl sites for hydroxylation is 1. The summed E-state index contributed by atoms with van der Waals surface area (Å²) in [6, 6.07) is 7.09. The molecule has 0 saturated heterocycles. The molecule has 7 heteroatoms. The topological polar surface area (TPSA) is 94.8 Å². The van der Waals surface area contributed by atoms with Crippen LogP contribution in [0.15, 0.2) is 24.3 Å². The third-order valence-electron chi connectivity index (χ3n) is 1.03. The zero-order chi connectivity index (χ0) is 10.5. The molecule has 0 fully saturated rings. The Morgan fingerprint density at radius 1 is 1.14 bits per heavy atom. The Hall–Kier alpha value is 0.526. The smallest absolute Gasteiger partial charge is 1.00 e. The second kappa shape index (κ2) is 7.77. The molecule has 76 valence electrons. The fourth-order valence-corrected chi connectivity index (χ4v) is 0.545. The molecule has 0 aliphatic rings. The minimum atomic E-state index is -4.67. The molecule has 14 heavy (non-hydrogen) atoms. The molecule has 1 rings (SSSR count). The molecule has 0 spiro atoms. The third kappa shape index (κ3) is 15.0. The van der Waals surface area contributed by atoms with Crippen LogP contribution < -0.4 is 51.4 Å². The molecule has 0 aliphatic carbocycles. The first-order valence-electron chi connectivity index (χ1n) is 3.24. The summed E-state index contributed by atoms with van der Waals surface area (Å²) in [5.41, 5.74) is 1.17. The van der Waals surface area contributed by atoms with Gasteiger partial charge in [0, 0.05) is 0 Å². The SMILES string of the molecule is Cc1ccc(O)cc1.O=S(=O)(O)O.[H-].[K+].